The SMILES string of the molecule is O=C(Nc1cc(C(=O)N2CCN(Cc3ccccc3)CC2)ccc1N1CC2CC(C1)c1cccc(=O)n1C2)c1cccnc1. The van der Waals surface area contributed by atoms with Gasteiger partial charge in [0.2, 0.25) is 0 Å². The maximum Gasteiger partial charge on any atom is 0.257 e. The van der Waals surface area contributed by atoms with Gasteiger partial charge in [0.15, 0.2) is 0 Å². The Morgan fingerprint density at radius 1 is 0.841 bits per heavy atom. The van der Waals surface area contributed by atoms with Gasteiger partial charge in [-0.25, -0.2) is 0 Å². The van der Waals surface area contributed by atoms with Crippen molar-refractivity contribution in [3.63, 3.8) is 0 Å². The summed E-state index contributed by atoms with van der Waals surface area (Å²) in [6.07, 6.45) is 4.21. The number of fused-ring (bicyclic) bond motifs is 4. The number of piperidine rings is 1. The molecule has 4 aromatic rings. The molecule has 2 saturated heterocycles. The zero-order valence-corrected chi connectivity index (χ0v) is 24.6. The van der Waals surface area contributed by atoms with Gasteiger partial charge < -0.3 is 19.7 Å². The molecule has 224 valence electrons. The van der Waals surface area contributed by atoms with Crippen LogP contribution < -0.4 is 15.8 Å². The molecule has 7 rings (SSSR count). The maximum atomic E-state index is 13.7. The van der Waals surface area contributed by atoms with E-state index in [1.807, 2.05) is 39.8 Å². The first-order valence-electron chi connectivity index (χ1n) is 15.4. The van der Waals surface area contributed by atoms with E-state index in [4.69, 9.17) is 0 Å². The Balaban J connectivity index is 1.12. The van der Waals surface area contributed by atoms with E-state index in [0.717, 1.165) is 50.5 Å². The van der Waals surface area contributed by atoms with Crippen molar-refractivity contribution in [2.24, 2.45) is 5.92 Å². The molecule has 2 amide bonds. The highest BCUT2D eigenvalue weighted by Gasteiger charge is 2.35. The number of carbonyl (C=O) groups excluding carboxylic acids is 2. The van der Waals surface area contributed by atoms with Gasteiger partial charge in [-0.3, -0.25) is 24.3 Å². The minimum Gasteiger partial charge on any atom is -0.369 e. The molecule has 5 heterocycles. The first kappa shape index (κ1) is 28.0. The van der Waals surface area contributed by atoms with E-state index in [-0.39, 0.29) is 23.3 Å². The van der Waals surface area contributed by atoms with Crippen molar-refractivity contribution in [1.29, 1.82) is 0 Å². The number of piperazine rings is 1. The van der Waals surface area contributed by atoms with Crippen molar-refractivity contribution in [2.75, 3.05) is 49.5 Å². The highest BCUT2D eigenvalue weighted by molar-refractivity contribution is 6.07. The number of aromatic nitrogens is 2. The number of benzene rings is 2. The summed E-state index contributed by atoms with van der Waals surface area (Å²) in [7, 11) is 0. The largest absolute Gasteiger partial charge is 0.369 e. The number of amides is 2. The lowest BCUT2D eigenvalue weighted by molar-refractivity contribution is 0.0628. The van der Waals surface area contributed by atoms with Crippen LogP contribution in [0.2, 0.25) is 0 Å². The number of hydrogen-bond donors (Lipinski definition) is 1. The highest BCUT2D eigenvalue weighted by atomic mass is 16.2. The number of carbonyl (C=O) groups is 2. The van der Waals surface area contributed by atoms with Gasteiger partial charge >= 0.3 is 0 Å². The molecule has 9 heteroatoms. The van der Waals surface area contributed by atoms with Crippen LogP contribution in [0, 0.1) is 5.92 Å². The average Bonchev–Trinajstić information content (AvgIpc) is 3.06. The molecule has 9 nitrogen and oxygen atoms in total. The standard InChI is InChI=1S/C35H36N6O3/c42-33-10-4-9-31-29-18-26(23-41(31)33)22-40(24-29)32-12-11-27(19-30(32)37-34(43)28-8-5-13-36-20-28)35(44)39-16-14-38(15-17-39)21-25-6-2-1-3-7-25/h1-13,19-20,26,29H,14-18,21-24H2,(H,37,43). The molecule has 0 saturated carbocycles. The van der Waals surface area contributed by atoms with Crippen LogP contribution >= 0.6 is 0 Å². The molecule has 3 aliphatic rings. The summed E-state index contributed by atoms with van der Waals surface area (Å²) < 4.78 is 1.92. The van der Waals surface area contributed by atoms with Crippen LogP contribution in [0.3, 0.4) is 0 Å². The average molecular weight is 589 g/mol. The van der Waals surface area contributed by atoms with Gasteiger partial charge in [-0.15, -0.1) is 0 Å². The summed E-state index contributed by atoms with van der Waals surface area (Å²) in [5, 5.41) is 3.10. The monoisotopic (exact) mass is 588 g/mol. The van der Waals surface area contributed by atoms with Crippen molar-refractivity contribution in [3.05, 3.63) is 124 Å². The quantitative estimate of drug-likeness (QED) is 0.365. The third kappa shape index (κ3) is 5.75. The molecule has 0 radical (unpaired) electrons. The van der Waals surface area contributed by atoms with Crippen LogP contribution in [0.1, 0.15) is 44.3 Å². The molecular weight excluding hydrogens is 552 g/mol. The van der Waals surface area contributed by atoms with Gasteiger partial charge in [-0.2, -0.15) is 0 Å². The normalized spacial score (nSPS) is 19.7. The number of pyridine rings is 2. The van der Waals surface area contributed by atoms with Gasteiger partial charge in [0.25, 0.3) is 17.4 Å². The van der Waals surface area contributed by atoms with E-state index in [1.54, 1.807) is 30.6 Å². The van der Waals surface area contributed by atoms with E-state index in [9.17, 15) is 14.4 Å². The molecule has 3 aliphatic heterocycles. The third-order valence-corrected chi connectivity index (χ3v) is 9.14. The zero-order valence-electron chi connectivity index (χ0n) is 24.6. The van der Waals surface area contributed by atoms with Crippen LogP contribution in [-0.2, 0) is 13.1 Å². The summed E-state index contributed by atoms with van der Waals surface area (Å²) in [5.41, 5.74) is 4.89. The van der Waals surface area contributed by atoms with Crippen molar-refractivity contribution >= 4 is 23.2 Å². The Labute approximate surface area is 256 Å². The Bertz CT molecular complexity index is 1720. The molecule has 0 aliphatic carbocycles. The second kappa shape index (κ2) is 12.1. The molecule has 2 unspecified atom stereocenters. The second-order valence-corrected chi connectivity index (χ2v) is 12.1. The molecule has 2 fully saturated rings. The van der Waals surface area contributed by atoms with Crippen LogP contribution in [0.15, 0.2) is 96.1 Å². The zero-order chi connectivity index (χ0) is 30.0. The second-order valence-electron chi connectivity index (χ2n) is 12.1. The summed E-state index contributed by atoms with van der Waals surface area (Å²) in [6.45, 7) is 5.98. The molecule has 1 N–H and O–H groups in total. The summed E-state index contributed by atoms with van der Waals surface area (Å²) in [4.78, 5) is 50.3. The summed E-state index contributed by atoms with van der Waals surface area (Å²) in [6, 6.07) is 25.1. The Kier molecular flexibility index (Phi) is 7.70. The maximum absolute atomic E-state index is 13.7. The molecular formula is C35H36N6O3. The topological polar surface area (TPSA) is 90.8 Å². The van der Waals surface area contributed by atoms with Crippen molar-refractivity contribution < 1.29 is 9.59 Å². The molecule has 2 aromatic carbocycles. The first-order valence-corrected chi connectivity index (χ1v) is 15.4. The van der Waals surface area contributed by atoms with Crippen LogP contribution in [-0.4, -0.2) is 70.4 Å². The lowest BCUT2D eigenvalue weighted by Crippen LogP contribution is -2.48. The van der Waals surface area contributed by atoms with Crippen molar-refractivity contribution in [1.82, 2.24) is 19.4 Å². The Hall–Kier alpha value is -4.76. The van der Waals surface area contributed by atoms with Gasteiger partial charge in [-0.05, 0) is 54.3 Å². The van der Waals surface area contributed by atoms with E-state index in [1.165, 1.54) is 5.56 Å². The van der Waals surface area contributed by atoms with Crippen molar-refractivity contribution in [3.8, 4) is 0 Å². The van der Waals surface area contributed by atoms with Crippen LogP contribution in [0.5, 0.6) is 0 Å². The third-order valence-electron chi connectivity index (χ3n) is 9.14. The number of hydrogen-bond acceptors (Lipinski definition) is 6. The molecule has 2 atom stereocenters. The number of rotatable bonds is 6. The van der Waals surface area contributed by atoms with Crippen LogP contribution in [0.25, 0.3) is 0 Å². The number of nitrogens with zero attached hydrogens (tertiary/aromatic N) is 5. The van der Waals surface area contributed by atoms with Gasteiger partial charge in [0.05, 0.1) is 16.9 Å². The molecule has 2 bridgehead atoms. The molecule has 0 spiro atoms. The smallest absolute Gasteiger partial charge is 0.257 e. The predicted octanol–water partition coefficient (Wildman–Crippen LogP) is 4.08. The van der Waals surface area contributed by atoms with Gasteiger partial charge in [-0.1, -0.05) is 36.4 Å². The highest BCUT2D eigenvalue weighted by Crippen LogP contribution is 2.39. The van der Waals surface area contributed by atoms with E-state index in [0.29, 0.717) is 42.4 Å². The van der Waals surface area contributed by atoms with Crippen LogP contribution in [0.4, 0.5) is 11.4 Å². The molecule has 44 heavy (non-hydrogen) atoms. The minimum atomic E-state index is -0.271. The van der Waals surface area contributed by atoms with E-state index < -0.39 is 0 Å². The predicted molar refractivity (Wildman–Crippen MR) is 170 cm³/mol. The summed E-state index contributed by atoms with van der Waals surface area (Å²) in [5.74, 6) is 0.229. The Morgan fingerprint density at radius 2 is 1.68 bits per heavy atom. The number of anilines is 2. The van der Waals surface area contributed by atoms with E-state index >= 15 is 0 Å². The minimum absolute atomic E-state index is 0.0309. The van der Waals surface area contributed by atoms with Crippen molar-refractivity contribution in [2.45, 2.75) is 25.4 Å². The fraction of sp³-hybridized carbons (Fsp3) is 0.314. The number of nitrogens with one attached hydrogen (secondary N) is 1. The van der Waals surface area contributed by atoms with Gasteiger partial charge in [0, 0.05) is 88.0 Å². The lowest BCUT2D eigenvalue weighted by Gasteiger charge is -2.44. The molecule has 2 aromatic heterocycles. The fourth-order valence-electron chi connectivity index (χ4n) is 6.96. The van der Waals surface area contributed by atoms with Gasteiger partial charge in [0.1, 0.15) is 0 Å². The van der Waals surface area contributed by atoms with E-state index in [2.05, 4.69) is 50.4 Å². The summed E-state index contributed by atoms with van der Waals surface area (Å²) >= 11 is 0. The lowest BCUT2D eigenvalue weighted by atomic mass is 9.83. The fourth-order valence-corrected chi connectivity index (χ4v) is 6.96. The Morgan fingerprint density at radius 3 is 2.48 bits per heavy atom. The first-order chi connectivity index (χ1) is 21.5.